The van der Waals surface area contributed by atoms with Crippen molar-refractivity contribution in [3.63, 3.8) is 0 Å². The highest BCUT2D eigenvalue weighted by molar-refractivity contribution is 5.88. The first-order valence-electron chi connectivity index (χ1n) is 7.23. The summed E-state index contributed by atoms with van der Waals surface area (Å²) in [6.07, 6.45) is 7.82. The monoisotopic (exact) mass is 254 g/mol. The number of methoxy groups -OCH3 is 1. The van der Waals surface area contributed by atoms with E-state index in [1.807, 2.05) is 13.8 Å². The highest BCUT2D eigenvalue weighted by Crippen LogP contribution is 2.41. The van der Waals surface area contributed by atoms with Crippen molar-refractivity contribution >= 4 is 5.78 Å². The number of ketones is 1. The number of ether oxygens (including phenoxy) is 2. The molecular weight excluding hydrogens is 228 g/mol. The van der Waals surface area contributed by atoms with Crippen LogP contribution in [0.3, 0.4) is 0 Å². The van der Waals surface area contributed by atoms with Gasteiger partial charge in [0.05, 0.1) is 5.60 Å². The molecular formula is C15H26O3. The van der Waals surface area contributed by atoms with Crippen LogP contribution in [0.1, 0.15) is 58.8 Å². The zero-order valence-electron chi connectivity index (χ0n) is 12.0. The summed E-state index contributed by atoms with van der Waals surface area (Å²) in [5.74, 6) is 0.366. The minimum absolute atomic E-state index is 0.000643. The van der Waals surface area contributed by atoms with E-state index in [1.165, 1.54) is 19.3 Å². The molecule has 0 bridgehead atoms. The average molecular weight is 254 g/mol. The molecule has 3 heteroatoms. The second-order valence-electron chi connectivity index (χ2n) is 6.36. The Labute approximate surface area is 110 Å². The third-order valence-corrected chi connectivity index (χ3v) is 4.73. The second-order valence-corrected chi connectivity index (χ2v) is 6.36. The Morgan fingerprint density at radius 2 is 1.94 bits per heavy atom. The predicted molar refractivity (Wildman–Crippen MR) is 70.6 cm³/mol. The van der Waals surface area contributed by atoms with Crippen LogP contribution in [0.4, 0.5) is 0 Å². The molecule has 1 unspecified atom stereocenters. The van der Waals surface area contributed by atoms with Gasteiger partial charge < -0.3 is 9.47 Å². The van der Waals surface area contributed by atoms with Gasteiger partial charge in [0.15, 0.2) is 5.78 Å². The zero-order chi connectivity index (χ0) is 13.2. The van der Waals surface area contributed by atoms with E-state index >= 15 is 0 Å². The predicted octanol–water partition coefficient (Wildman–Crippen LogP) is 3.11. The van der Waals surface area contributed by atoms with Gasteiger partial charge in [-0.3, -0.25) is 4.79 Å². The van der Waals surface area contributed by atoms with Crippen molar-refractivity contribution < 1.29 is 14.3 Å². The largest absolute Gasteiger partial charge is 0.375 e. The van der Waals surface area contributed by atoms with Crippen LogP contribution in [-0.4, -0.2) is 30.7 Å². The van der Waals surface area contributed by atoms with Crippen LogP contribution in [0, 0.1) is 5.92 Å². The van der Waals surface area contributed by atoms with E-state index in [9.17, 15) is 4.79 Å². The smallest absolute Gasteiger partial charge is 0.167 e. The molecule has 0 aromatic carbocycles. The molecule has 0 amide bonds. The molecule has 2 aliphatic rings. The Hall–Kier alpha value is -0.410. The molecule has 2 fully saturated rings. The second kappa shape index (κ2) is 5.30. The molecule has 2 rings (SSSR count). The molecule has 0 N–H and O–H groups in total. The van der Waals surface area contributed by atoms with Crippen molar-refractivity contribution in [3.8, 4) is 0 Å². The lowest BCUT2D eigenvalue weighted by Crippen LogP contribution is -2.48. The minimum Gasteiger partial charge on any atom is -0.375 e. The van der Waals surface area contributed by atoms with Gasteiger partial charge in [-0.2, -0.15) is 0 Å². The van der Waals surface area contributed by atoms with Crippen molar-refractivity contribution in [2.75, 3.05) is 13.7 Å². The van der Waals surface area contributed by atoms with Crippen molar-refractivity contribution in [1.82, 2.24) is 0 Å². The molecule has 0 aromatic heterocycles. The summed E-state index contributed by atoms with van der Waals surface area (Å²) in [6, 6.07) is 0. The van der Waals surface area contributed by atoms with Gasteiger partial charge in [-0.05, 0) is 39.5 Å². The van der Waals surface area contributed by atoms with Gasteiger partial charge >= 0.3 is 0 Å². The summed E-state index contributed by atoms with van der Waals surface area (Å²) < 4.78 is 11.4. The van der Waals surface area contributed by atoms with E-state index < -0.39 is 5.60 Å². The Balaban J connectivity index is 2.04. The first kappa shape index (κ1) is 14.0. The molecule has 3 nitrogen and oxygen atoms in total. The Bertz CT molecular complexity index is 297. The van der Waals surface area contributed by atoms with Gasteiger partial charge in [-0.25, -0.2) is 0 Å². The Kier molecular flexibility index (Phi) is 4.12. The van der Waals surface area contributed by atoms with E-state index in [4.69, 9.17) is 9.47 Å². The molecule has 1 saturated carbocycles. The maximum Gasteiger partial charge on any atom is 0.167 e. The molecule has 104 valence electrons. The van der Waals surface area contributed by atoms with Crippen LogP contribution >= 0.6 is 0 Å². The summed E-state index contributed by atoms with van der Waals surface area (Å²) in [5.41, 5.74) is -0.654. The first-order chi connectivity index (χ1) is 8.49. The van der Waals surface area contributed by atoms with E-state index in [-0.39, 0.29) is 17.3 Å². The van der Waals surface area contributed by atoms with Gasteiger partial charge in [-0.15, -0.1) is 0 Å². The number of hydrogen-bond donors (Lipinski definition) is 0. The SMILES string of the molecule is COC(C)(C)C(=O)C1CCOC2(CCCCC2)C1. The lowest BCUT2D eigenvalue weighted by atomic mass is 9.73. The van der Waals surface area contributed by atoms with Gasteiger partial charge in [0.2, 0.25) is 0 Å². The highest BCUT2D eigenvalue weighted by Gasteiger charge is 2.43. The third kappa shape index (κ3) is 2.77. The average Bonchev–Trinajstić information content (AvgIpc) is 2.39. The van der Waals surface area contributed by atoms with Crippen LogP contribution < -0.4 is 0 Å². The topological polar surface area (TPSA) is 35.5 Å². The molecule has 0 aromatic rings. The molecule has 1 atom stereocenters. The van der Waals surface area contributed by atoms with Gasteiger partial charge in [0.1, 0.15) is 5.60 Å². The van der Waals surface area contributed by atoms with Crippen LogP contribution in [-0.2, 0) is 14.3 Å². The van der Waals surface area contributed by atoms with Crippen LogP contribution in [0.15, 0.2) is 0 Å². The summed E-state index contributed by atoms with van der Waals surface area (Å²) >= 11 is 0. The fourth-order valence-electron chi connectivity index (χ4n) is 3.39. The van der Waals surface area contributed by atoms with Gasteiger partial charge in [0, 0.05) is 19.6 Å². The van der Waals surface area contributed by atoms with Crippen molar-refractivity contribution in [3.05, 3.63) is 0 Å². The third-order valence-electron chi connectivity index (χ3n) is 4.73. The quantitative estimate of drug-likeness (QED) is 0.776. The Morgan fingerprint density at radius 1 is 1.28 bits per heavy atom. The minimum atomic E-state index is -0.655. The summed E-state index contributed by atoms with van der Waals surface area (Å²) in [7, 11) is 1.62. The van der Waals surface area contributed by atoms with Crippen LogP contribution in [0.25, 0.3) is 0 Å². The summed E-state index contributed by atoms with van der Waals surface area (Å²) in [6.45, 7) is 4.48. The first-order valence-corrected chi connectivity index (χ1v) is 7.23. The maximum atomic E-state index is 12.5. The lowest BCUT2D eigenvalue weighted by molar-refractivity contribution is -0.157. The molecule has 18 heavy (non-hydrogen) atoms. The standard InChI is InChI=1S/C15H26O3/c1-14(2,17-3)13(16)12-7-10-18-15(11-12)8-5-4-6-9-15/h12H,4-11H2,1-3H3. The number of hydrogen-bond acceptors (Lipinski definition) is 3. The van der Waals surface area contributed by atoms with Crippen LogP contribution in [0.2, 0.25) is 0 Å². The van der Waals surface area contributed by atoms with Crippen molar-refractivity contribution in [2.24, 2.45) is 5.92 Å². The normalized spacial score (nSPS) is 28.3. The lowest BCUT2D eigenvalue weighted by Gasteiger charge is -2.44. The molecule has 1 aliphatic heterocycles. The fraction of sp³-hybridized carbons (Fsp3) is 0.933. The fourth-order valence-corrected chi connectivity index (χ4v) is 3.39. The van der Waals surface area contributed by atoms with Crippen molar-refractivity contribution in [1.29, 1.82) is 0 Å². The van der Waals surface area contributed by atoms with E-state index in [0.717, 1.165) is 32.3 Å². The van der Waals surface area contributed by atoms with Crippen molar-refractivity contribution in [2.45, 2.75) is 70.0 Å². The zero-order valence-corrected chi connectivity index (χ0v) is 12.0. The molecule has 1 aliphatic carbocycles. The molecule has 1 heterocycles. The highest BCUT2D eigenvalue weighted by atomic mass is 16.5. The van der Waals surface area contributed by atoms with E-state index in [0.29, 0.717) is 0 Å². The van der Waals surface area contributed by atoms with Crippen LogP contribution in [0.5, 0.6) is 0 Å². The number of Topliss-reactive ketones (excluding diaryl/α,β-unsaturated/α-hetero) is 1. The maximum absolute atomic E-state index is 12.5. The molecule has 1 saturated heterocycles. The number of rotatable bonds is 3. The van der Waals surface area contributed by atoms with Gasteiger partial charge in [-0.1, -0.05) is 19.3 Å². The summed E-state index contributed by atoms with van der Waals surface area (Å²) in [5, 5.41) is 0. The van der Waals surface area contributed by atoms with Gasteiger partial charge in [0.25, 0.3) is 0 Å². The van der Waals surface area contributed by atoms with E-state index in [1.54, 1.807) is 7.11 Å². The van der Waals surface area contributed by atoms with E-state index in [2.05, 4.69) is 0 Å². The molecule has 0 radical (unpaired) electrons. The Morgan fingerprint density at radius 3 is 2.56 bits per heavy atom. The summed E-state index contributed by atoms with van der Waals surface area (Å²) in [4.78, 5) is 12.5. The molecule has 1 spiro atoms. The number of carbonyl (C=O) groups excluding carboxylic acids is 1. The number of carbonyl (C=O) groups is 1.